The normalized spacial score (nSPS) is 14.5. The molecule has 1 aliphatic rings. The van der Waals surface area contributed by atoms with Gasteiger partial charge in [-0.1, -0.05) is 23.7 Å². The van der Waals surface area contributed by atoms with Gasteiger partial charge in [-0.2, -0.15) is 0 Å². The highest BCUT2D eigenvalue weighted by atomic mass is 127. The lowest BCUT2D eigenvalue weighted by molar-refractivity contribution is -0.384. The first kappa shape index (κ1) is 25.0. The third kappa shape index (κ3) is 5.44. The molecule has 0 aliphatic carbocycles. The number of carbonyl (C=O) groups excluding carboxylic acids is 2. The molecule has 11 heteroatoms. The van der Waals surface area contributed by atoms with Crippen LogP contribution in [0.1, 0.15) is 11.1 Å². The predicted molar refractivity (Wildman–Crippen MR) is 143 cm³/mol. The number of non-ortho nitro benzene ring substituents is 1. The van der Waals surface area contributed by atoms with E-state index in [1.807, 2.05) is 0 Å². The standard InChI is InChI=1S/C24H16ClIN2O6S/c1-33-20-11-15(10-18(26)22(20)34-13-14-6-8-16(9-7-14)28(31)32)12-21-23(29)27(24(30)35-21)19-5-3-2-4-17(19)25/h2-12H,13H2,1H3/b21-12-. The number of rotatable bonds is 7. The monoisotopic (exact) mass is 622 g/mol. The zero-order chi connectivity index (χ0) is 25.1. The van der Waals surface area contributed by atoms with Gasteiger partial charge in [0.25, 0.3) is 16.8 Å². The number of imide groups is 1. The Labute approximate surface area is 223 Å². The van der Waals surface area contributed by atoms with Crippen LogP contribution in [0.4, 0.5) is 16.2 Å². The fourth-order valence-electron chi connectivity index (χ4n) is 3.29. The Bertz CT molecular complexity index is 1360. The van der Waals surface area contributed by atoms with Crippen molar-refractivity contribution in [3.05, 3.63) is 95.4 Å². The first-order valence-corrected chi connectivity index (χ1v) is 12.3. The van der Waals surface area contributed by atoms with E-state index in [0.717, 1.165) is 25.8 Å². The van der Waals surface area contributed by atoms with Crippen LogP contribution in [0.2, 0.25) is 5.02 Å². The fourth-order valence-corrected chi connectivity index (χ4v) is 5.13. The number of anilines is 1. The highest BCUT2D eigenvalue weighted by Crippen LogP contribution is 2.40. The topological polar surface area (TPSA) is 99.0 Å². The Morgan fingerprint density at radius 1 is 1.14 bits per heavy atom. The Kier molecular flexibility index (Phi) is 7.63. The predicted octanol–water partition coefficient (Wildman–Crippen LogP) is 6.68. The molecule has 0 N–H and O–H groups in total. The number of hydrogen-bond donors (Lipinski definition) is 0. The molecule has 35 heavy (non-hydrogen) atoms. The van der Waals surface area contributed by atoms with Crippen LogP contribution in [0.3, 0.4) is 0 Å². The molecule has 1 aliphatic heterocycles. The highest BCUT2D eigenvalue weighted by Gasteiger charge is 2.37. The maximum Gasteiger partial charge on any atom is 0.298 e. The van der Waals surface area contributed by atoms with Crippen molar-refractivity contribution in [2.24, 2.45) is 0 Å². The van der Waals surface area contributed by atoms with Crippen LogP contribution >= 0.6 is 46.0 Å². The number of hydrogen-bond acceptors (Lipinski definition) is 7. The maximum atomic E-state index is 13.0. The first-order valence-electron chi connectivity index (χ1n) is 10.0. The first-order chi connectivity index (χ1) is 16.8. The maximum absolute atomic E-state index is 13.0. The zero-order valence-corrected chi connectivity index (χ0v) is 21.8. The van der Waals surface area contributed by atoms with E-state index >= 15 is 0 Å². The van der Waals surface area contributed by atoms with E-state index < -0.39 is 16.1 Å². The van der Waals surface area contributed by atoms with E-state index in [4.69, 9.17) is 21.1 Å². The number of amides is 2. The molecule has 0 atom stereocenters. The number of methoxy groups -OCH3 is 1. The molecule has 3 aromatic rings. The average Bonchev–Trinajstić information content (AvgIpc) is 3.11. The summed E-state index contributed by atoms with van der Waals surface area (Å²) in [5, 5.41) is 10.7. The largest absolute Gasteiger partial charge is 0.493 e. The number of ether oxygens (including phenoxy) is 2. The molecule has 0 bridgehead atoms. The van der Waals surface area contributed by atoms with Gasteiger partial charge in [0.2, 0.25) is 0 Å². The number of benzene rings is 3. The summed E-state index contributed by atoms with van der Waals surface area (Å²) in [5.74, 6) is 0.476. The average molecular weight is 623 g/mol. The lowest BCUT2D eigenvalue weighted by Gasteiger charge is -2.14. The molecular formula is C24H16ClIN2O6S. The van der Waals surface area contributed by atoms with Crippen molar-refractivity contribution < 1.29 is 24.0 Å². The van der Waals surface area contributed by atoms with Crippen molar-refractivity contribution in [3.8, 4) is 11.5 Å². The van der Waals surface area contributed by atoms with Gasteiger partial charge < -0.3 is 9.47 Å². The third-order valence-electron chi connectivity index (χ3n) is 4.97. The zero-order valence-electron chi connectivity index (χ0n) is 18.1. The van der Waals surface area contributed by atoms with Gasteiger partial charge in [-0.05, 0) is 88.0 Å². The van der Waals surface area contributed by atoms with Gasteiger partial charge in [0.15, 0.2) is 11.5 Å². The van der Waals surface area contributed by atoms with Gasteiger partial charge in [-0.15, -0.1) is 0 Å². The number of carbonyl (C=O) groups is 2. The van der Waals surface area contributed by atoms with Gasteiger partial charge in [-0.25, -0.2) is 4.90 Å². The molecular weight excluding hydrogens is 607 g/mol. The molecule has 0 spiro atoms. The summed E-state index contributed by atoms with van der Waals surface area (Å²) >= 11 is 9.11. The van der Waals surface area contributed by atoms with Gasteiger partial charge in [0.1, 0.15) is 6.61 Å². The van der Waals surface area contributed by atoms with Crippen molar-refractivity contribution in [1.82, 2.24) is 0 Å². The smallest absolute Gasteiger partial charge is 0.298 e. The van der Waals surface area contributed by atoms with Crippen LogP contribution < -0.4 is 14.4 Å². The summed E-state index contributed by atoms with van der Waals surface area (Å²) in [4.78, 5) is 37.2. The van der Waals surface area contributed by atoms with Crippen molar-refractivity contribution in [2.45, 2.75) is 6.61 Å². The van der Waals surface area contributed by atoms with Crippen LogP contribution in [-0.2, 0) is 11.4 Å². The highest BCUT2D eigenvalue weighted by molar-refractivity contribution is 14.1. The van der Waals surface area contributed by atoms with Crippen LogP contribution in [0.25, 0.3) is 6.08 Å². The Morgan fingerprint density at radius 2 is 1.86 bits per heavy atom. The molecule has 3 aromatic carbocycles. The summed E-state index contributed by atoms with van der Waals surface area (Å²) in [6.45, 7) is 0.181. The second kappa shape index (κ2) is 10.7. The molecule has 1 saturated heterocycles. The fraction of sp³-hybridized carbons (Fsp3) is 0.0833. The number of nitro groups is 1. The van der Waals surface area contributed by atoms with E-state index in [1.165, 1.54) is 19.2 Å². The third-order valence-corrected chi connectivity index (χ3v) is 6.96. The van der Waals surface area contributed by atoms with Gasteiger partial charge in [0.05, 0.1) is 31.2 Å². The number of nitro benzene ring substituents is 1. The minimum Gasteiger partial charge on any atom is -0.493 e. The summed E-state index contributed by atoms with van der Waals surface area (Å²) in [6, 6.07) is 16.3. The molecule has 2 amide bonds. The minimum atomic E-state index is -0.460. The summed E-state index contributed by atoms with van der Waals surface area (Å²) in [7, 11) is 1.50. The Balaban J connectivity index is 1.56. The van der Waals surface area contributed by atoms with Crippen molar-refractivity contribution in [3.63, 3.8) is 0 Å². The lowest BCUT2D eigenvalue weighted by atomic mass is 10.1. The van der Waals surface area contributed by atoms with E-state index in [0.29, 0.717) is 27.8 Å². The van der Waals surface area contributed by atoms with Crippen molar-refractivity contribution >= 4 is 74.6 Å². The molecule has 178 valence electrons. The molecule has 8 nitrogen and oxygen atoms in total. The Hall–Kier alpha value is -3.09. The molecule has 0 radical (unpaired) electrons. The number of halogens is 2. The Morgan fingerprint density at radius 3 is 2.51 bits per heavy atom. The molecule has 0 unspecified atom stereocenters. The van der Waals surface area contributed by atoms with Crippen molar-refractivity contribution in [2.75, 3.05) is 12.0 Å². The number of thioether (sulfide) groups is 1. The van der Waals surface area contributed by atoms with Crippen molar-refractivity contribution in [1.29, 1.82) is 0 Å². The molecule has 4 rings (SSSR count). The second-order valence-electron chi connectivity index (χ2n) is 7.21. The van der Waals surface area contributed by atoms with E-state index in [-0.39, 0.29) is 17.2 Å². The number of para-hydroxylation sites is 1. The number of nitrogens with zero attached hydrogens (tertiary/aromatic N) is 2. The van der Waals surface area contributed by atoms with E-state index in [2.05, 4.69) is 22.6 Å². The molecule has 1 fully saturated rings. The van der Waals surface area contributed by atoms with Crippen LogP contribution in [0.15, 0.2) is 65.6 Å². The van der Waals surface area contributed by atoms with E-state index in [1.54, 1.807) is 54.6 Å². The molecule has 0 aromatic heterocycles. The van der Waals surface area contributed by atoms with Crippen LogP contribution in [-0.4, -0.2) is 23.2 Å². The quantitative estimate of drug-likeness (QED) is 0.125. The summed E-state index contributed by atoms with van der Waals surface area (Å²) in [6.07, 6.45) is 1.62. The molecule has 0 saturated carbocycles. The molecule has 1 heterocycles. The summed E-state index contributed by atoms with van der Waals surface area (Å²) in [5.41, 5.74) is 1.75. The van der Waals surface area contributed by atoms with Gasteiger partial charge in [-0.3, -0.25) is 19.7 Å². The van der Waals surface area contributed by atoms with E-state index in [9.17, 15) is 19.7 Å². The second-order valence-corrected chi connectivity index (χ2v) is 9.78. The van der Waals surface area contributed by atoms with Gasteiger partial charge in [0, 0.05) is 12.1 Å². The minimum absolute atomic E-state index is 0.00390. The summed E-state index contributed by atoms with van der Waals surface area (Å²) < 4.78 is 12.1. The van der Waals surface area contributed by atoms with Crippen LogP contribution in [0.5, 0.6) is 11.5 Å². The van der Waals surface area contributed by atoms with Crippen LogP contribution in [0, 0.1) is 13.7 Å². The SMILES string of the molecule is COc1cc(/C=C2\SC(=O)N(c3ccccc3Cl)C2=O)cc(I)c1OCc1ccc([N+](=O)[O-])cc1. The lowest BCUT2D eigenvalue weighted by Crippen LogP contribution is -2.27. The van der Waals surface area contributed by atoms with Gasteiger partial charge >= 0.3 is 0 Å².